The van der Waals surface area contributed by atoms with Crippen LogP contribution in [0.15, 0.2) is 65.4 Å². The largest absolute Gasteiger partial charge is 0.331 e. The molecule has 0 fully saturated rings. The molecule has 0 radical (unpaired) electrons. The molecule has 5 nitrogen and oxygen atoms in total. The molecule has 3 rings (SSSR count). The van der Waals surface area contributed by atoms with Gasteiger partial charge in [0.05, 0.1) is 0 Å². The zero-order valence-electron chi connectivity index (χ0n) is 12.9. The van der Waals surface area contributed by atoms with Crippen LogP contribution in [-0.2, 0) is 7.05 Å². The Hall–Kier alpha value is -2.73. The van der Waals surface area contributed by atoms with Crippen molar-refractivity contribution in [3.63, 3.8) is 0 Å². The molecule has 0 spiro atoms. The molecule has 0 saturated heterocycles. The molecule has 1 N–H and O–H groups in total. The molecule has 0 saturated carbocycles. The zero-order valence-corrected chi connectivity index (χ0v) is 14.4. The molecule has 0 aliphatic heterocycles. The van der Waals surface area contributed by atoms with Crippen molar-refractivity contribution in [3.8, 4) is 0 Å². The predicted octanol–water partition coefficient (Wildman–Crippen LogP) is 3.67. The van der Waals surface area contributed by atoms with Gasteiger partial charge < -0.3 is 9.88 Å². The lowest BCUT2D eigenvalue weighted by atomic mass is 10.1. The van der Waals surface area contributed by atoms with E-state index in [2.05, 4.69) is 26.2 Å². The summed E-state index contributed by atoms with van der Waals surface area (Å²) in [5.74, 6) is 0.00719. The normalized spacial score (nSPS) is 10.4. The van der Waals surface area contributed by atoms with Gasteiger partial charge in [0.1, 0.15) is 0 Å². The van der Waals surface area contributed by atoms with E-state index < -0.39 is 0 Å². The van der Waals surface area contributed by atoms with Crippen molar-refractivity contribution in [2.45, 2.75) is 0 Å². The summed E-state index contributed by atoms with van der Waals surface area (Å²) in [7, 11) is 1.77. The van der Waals surface area contributed by atoms with Gasteiger partial charge in [0.2, 0.25) is 5.78 Å². The topological polar surface area (TPSA) is 64.0 Å². The summed E-state index contributed by atoms with van der Waals surface area (Å²) in [6, 6.07) is 13.9. The third-order valence-corrected chi connectivity index (χ3v) is 4.01. The number of rotatable bonds is 4. The molecular formula is C18H14BrN3O2. The van der Waals surface area contributed by atoms with Crippen LogP contribution in [0.2, 0.25) is 0 Å². The fraction of sp³-hybridized carbons (Fsp3) is 0.0556. The standard InChI is InChI=1S/C18H14BrN3O2/c1-22-10-9-20-17(22)16(23)12-5-7-15(8-6-12)21-18(24)13-3-2-4-14(19)11-13/h2-11H,1H3,(H,21,24). The maximum Gasteiger partial charge on any atom is 0.255 e. The van der Waals surface area contributed by atoms with Gasteiger partial charge in [0, 0.05) is 40.7 Å². The Balaban J connectivity index is 1.74. The van der Waals surface area contributed by atoms with E-state index in [0.29, 0.717) is 22.6 Å². The van der Waals surface area contributed by atoms with Crippen molar-refractivity contribution in [2.75, 3.05) is 5.32 Å². The van der Waals surface area contributed by atoms with Crippen LogP contribution in [0.3, 0.4) is 0 Å². The minimum absolute atomic E-state index is 0.160. The van der Waals surface area contributed by atoms with Crippen LogP contribution in [0, 0.1) is 0 Å². The summed E-state index contributed by atoms with van der Waals surface area (Å²) in [5.41, 5.74) is 1.69. The number of carbonyl (C=O) groups is 2. The lowest BCUT2D eigenvalue weighted by Gasteiger charge is -2.07. The third kappa shape index (κ3) is 3.44. The molecule has 6 heteroatoms. The number of hydrogen-bond donors (Lipinski definition) is 1. The molecule has 0 aliphatic carbocycles. The average molecular weight is 384 g/mol. The van der Waals surface area contributed by atoms with Crippen molar-refractivity contribution in [2.24, 2.45) is 7.05 Å². The van der Waals surface area contributed by atoms with Crippen molar-refractivity contribution in [1.29, 1.82) is 0 Å². The van der Waals surface area contributed by atoms with E-state index in [-0.39, 0.29) is 11.7 Å². The van der Waals surface area contributed by atoms with Crippen LogP contribution in [0.5, 0.6) is 0 Å². The summed E-state index contributed by atoms with van der Waals surface area (Å²) in [5, 5.41) is 2.81. The number of hydrogen-bond acceptors (Lipinski definition) is 3. The maximum absolute atomic E-state index is 12.3. The second kappa shape index (κ2) is 6.80. The Morgan fingerprint density at radius 2 is 1.83 bits per heavy atom. The summed E-state index contributed by atoms with van der Waals surface area (Å²) in [6.07, 6.45) is 3.31. The van der Waals surface area contributed by atoms with Gasteiger partial charge in [0.25, 0.3) is 5.91 Å². The number of halogens is 1. The molecular weight excluding hydrogens is 370 g/mol. The third-order valence-electron chi connectivity index (χ3n) is 3.52. The first-order valence-electron chi connectivity index (χ1n) is 7.23. The highest BCUT2D eigenvalue weighted by Gasteiger charge is 2.14. The molecule has 1 heterocycles. The quantitative estimate of drug-likeness (QED) is 0.699. The summed E-state index contributed by atoms with van der Waals surface area (Å²) >= 11 is 3.34. The number of aromatic nitrogens is 2. The molecule has 1 aromatic heterocycles. The van der Waals surface area contributed by atoms with Crippen molar-refractivity contribution < 1.29 is 9.59 Å². The number of anilines is 1. The second-order valence-corrected chi connectivity index (χ2v) is 6.15. The van der Waals surface area contributed by atoms with Gasteiger partial charge >= 0.3 is 0 Å². The molecule has 1 amide bonds. The number of nitrogens with zero attached hydrogens (tertiary/aromatic N) is 2. The SMILES string of the molecule is Cn1ccnc1C(=O)c1ccc(NC(=O)c2cccc(Br)c2)cc1. The number of nitrogens with one attached hydrogen (secondary N) is 1. The van der Waals surface area contributed by atoms with E-state index in [4.69, 9.17) is 0 Å². The van der Waals surface area contributed by atoms with Gasteiger partial charge in [-0.3, -0.25) is 9.59 Å². The Kier molecular flexibility index (Phi) is 4.57. The van der Waals surface area contributed by atoms with Crippen molar-refractivity contribution >= 4 is 33.3 Å². The number of benzene rings is 2. The Morgan fingerprint density at radius 3 is 2.46 bits per heavy atom. The van der Waals surface area contributed by atoms with Gasteiger partial charge in [-0.2, -0.15) is 0 Å². The molecule has 2 aromatic carbocycles. The van der Waals surface area contributed by atoms with Crippen LogP contribution in [0.25, 0.3) is 0 Å². The van der Waals surface area contributed by atoms with Crippen molar-refractivity contribution in [1.82, 2.24) is 9.55 Å². The molecule has 120 valence electrons. The van der Waals surface area contributed by atoms with Crippen LogP contribution in [-0.4, -0.2) is 21.2 Å². The smallest absolute Gasteiger partial charge is 0.255 e. The highest BCUT2D eigenvalue weighted by atomic mass is 79.9. The van der Waals surface area contributed by atoms with E-state index in [1.165, 1.54) is 0 Å². The Morgan fingerprint density at radius 1 is 1.08 bits per heavy atom. The first kappa shape index (κ1) is 16.1. The fourth-order valence-electron chi connectivity index (χ4n) is 2.25. The number of ketones is 1. The zero-order chi connectivity index (χ0) is 17.1. The molecule has 0 unspecified atom stereocenters. The summed E-state index contributed by atoms with van der Waals surface area (Å²) < 4.78 is 2.51. The number of aryl methyl sites for hydroxylation is 1. The monoisotopic (exact) mass is 383 g/mol. The van der Waals surface area contributed by atoms with Gasteiger partial charge in [-0.25, -0.2) is 4.98 Å². The van der Waals surface area contributed by atoms with E-state index >= 15 is 0 Å². The minimum Gasteiger partial charge on any atom is -0.331 e. The van der Waals surface area contributed by atoms with E-state index in [0.717, 1.165) is 4.47 Å². The Labute approximate surface area is 147 Å². The fourth-order valence-corrected chi connectivity index (χ4v) is 2.65. The summed E-state index contributed by atoms with van der Waals surface area (Å²) in [6.45, 7) is 0. The van der Waals surface area contributed by atoms with Gasteiger partial charge in [0.15, 0.2) is 5.82 Å². The number of carbonyl (C=O) groups excluding carboxylic acids is 2. The second-order valence-electron chi connectivity index (χ2n) is 5.23. The first-order chi connectivity index (χ1) is 11.5. The van der Waals surface area contributed by atoms with Gasteiger partial charge in [-0.1, -0.05) is 22.0 Å². The van der Waals surface area contributed by atoms with Crippen LogP contribution in [0.1, 0.15) is 26.5 Å². The van der Waals surface area contributed by atoms with E-state index in [1.54, 1.807) is 66.5 Å². The highest BCUT2D eigenvalue weighted by Crippen LogP contribution is 2.16. The molecule has 0 aliphatic rings. The van der Waals surface area contributed by atoms with E-state index in [9.17, 15) is 9.59 Å². The molecule has 0 atom stereocenters. The van der Waals surface area contributed by atoms with Gasteiger partial charge in [-0.15, -0.1) is 0 Å². The lowest BCUT2D eigenvalue weighted by Crippen LogP contribution is -2.12. The molecule has 24 heavy (non-hydrogen) atoms. The Bertz CT molecular complexity index is 901. The van der Waals surface area contributed by atoms with Crippen molar-refractivity contribution in [3.05, 3.63) is 82.3 Å². The highest BCUT2D eigenvalue weighted by molar-refractivity contribution is 9.10. The van der Waals surface area contributed by atoms with Crippen LogP contribution in [0.4, 0.5) is 5.69 Å². The maximum atomic E-state index is 12.3. The van der Waals surface area contributed by atoms with Crippen LogP contribution < -0.4 is 5.32 Å². The van der Waals surface area contributed by atoms with Crippen LogP contribution >= 0.6 is 15.9 Å². The van der Waals surface area contributed by atoms with Gasteiger partial charge in [-0.05, 0) is 42.5 Å². The van der Waals surface area contributed by atoms with E-state index in [1.807, 2.05) is 6.07 Å². The lowest BCUT2D eigenvalue weighted by molar-refractivity contribution is 0.102. The average Bonchev–Trinajstić information content (AvgIpc) is 3.01. The molecule has 0 bridgehead atoms. The number of amides is 1. The summed E-state index contributed by atoms with van der Waals surface area (Å²) in [4.78, 5) is 28.6. The molecule has 3 aromatic rings. The predicted molar refractivity (Wildman–Crippen MR) is 95.2 cm³/mol. The first-order valence-corrected chi connectivity index (χ1v) is 8.03. The minimum atomic E-state index is -0.209. The number of imidazole rings is 1.